The summed E-state index contributed by atoms with van der Waals surface area (Å²) < 4.78 is 0. The molecule has 0 aromatic heterocycles. The van der Waals surface area contributed by atoms with Gasteiger partial charge in [0.1, 0.15) is 0 Å². The van der Waals surface area contributed by atoms with Gasteiger partial charge in [-0.1, -0.05) is 33.1 Å². The minimum atomic E-state index is -0.0939. The number of aliphatic hydroxyl groups is 1. The Labute approximate surface area is 119 Å². The van der Waals surface area contributed by atoms with Gasteiger partial charge >= 0.3 is 0 Å². The van der Waals surface area contributed by atoms with Gasteiger partial charge in [0.2, 0.25) is 0 Å². The zero-order valence-electron chi connectivity index (χ0n) is 13.1. The summed E-state index contributed by atoms with van der Waals surface area (Å²) in [6.07, 6.45) is 10.4. The molecule has 0 spiro atoms. The van der Waals surface area contributed by atoms with Crippen LogP contribution in [0.2, 0.25) is 0 Å². The Bertz CT molecular complexity index is 260. The van der Waals surface area contributed by atoms with Crippen molar-refractivity contribution in [2.24, 2.45) is 17.8 Å². The fourth-order valence-corrected chi connectivity index (χ4v) is 4.15. The lowest BCUT2D eigenvalue weighted by atomic mass is 9.77. The number of aliphatic hydroxyl groups excluding tert-OH is 1. The Balaban J connectivity index is 1.86. The standard InChI is InChI=1S/C17H33NO/c1-13(2)15-9-10-17(19)16(11-15)18(3)12-14-7-5-4-6-8-14/h13-17,19H,4-12H2,1-3H3. The third-order valence-corrected chi connectivity index (χ3v) is 5.60. The van der Waals surface area contributed by atoms with Crippen LogP contribution in [0.3, 0.4) is 0 Å². The predicted octanol–water partition coefficient (Wildman–Crippen LogP) is 3.68. The molecule has 2 saturated carbocycles. The molecule has 3 atom stereocenters. The summed E-state index contributed by atoms with van der Waals surface area (Å²) in [7, 11) is 2.24. The fraction of sp³-hybridized carbons (Fsp3) is 1.00. The topological polar surface area (TPSA) is 23.5 Å². The Morgan fingerprint density at radius 3 is 2.37 bits per heavy atom. The quantitative estimate of drug-likeness (QED) is 0.840. The molecule has 2 aliphatic rings. The summed E-state index contributed by atoms with van der Waals surface area (Å²) in [5.74, 6) is 2.45. The first-order valence-corrected chi connectivity index (χ1v) is 8.46. The van der Waals surface area contributed by atoms with Gasteiger partial charge in [-0.15, -0.1) is 0 Å². The minimum Gasteiger partial charge on any atom is -0.391 e. The molecule has 0 aromatic rings. The van der Waals surface area contributed by atoms with Gasteiger partial charge in [0, 0.05) is 12.6 Å². The molecule has 1 N–H and O–H groups in total. The van der Waals surface area contributed by atoms with E-state index in [2.05, 4.69) is 25.8 Å². The highest BCUT2D eigenvalue weighted by Crippen LogP contribution is 2.33. The van der Waals surface area contributed by atoms with Crippen molar-refractivity contribution in [3.63, 3.8) is 0 Å². The third-order valence-electron chi connectivity index (χ3n) is 5.60. The summed E-state index contributed by atoms with van der Waals surface area (Å²) in [5, 5.41) is 10.3. The van der Waals surface area contributed by atoms with Crippen LogP contribution in [0, 0.1) is 17.8 Å². The van der Waals surface area contributed by atoms with Crippen LogP contribution >= 0.6 is 0 Å². The number of rotatable bonds is 4. The van der Waals surface area contributed by atoms with Crippen LogP contribution in [0.25, 0.3) is 0 Å². The summed E-state index contributed by atoms with van der Waals surface area (Å²) in [4.78, 5) is 2.48. The minimum absolute atomic E-state index is 0.0939. The van der Waals surface area contributed by atoms with E-state index in [1.807, 2.05) is 0 Å². The van der Waals surface area contributed by atoms with Crippen molar-refractivity contribution in [3.05, 3.63) is 0 Å². The third kappa shape index (κ3) is 4.19. The summed E-state index contributed by atoms with van der Waals surface area (Å²) in [6.45, 7) is 5.87. The molecule has 112 valence electrons. The van der Waals surface area contributed by atoms with E-state index in [0.29, 0.717) is 6.04 Å². The van der Waals surface area contributed by atoms with Crippen LogP contribution in [-0.4, -0.2) is 35.7 Å². The number of likely N-dealkylation sites (N-methyl/N-ethyl adjacent to an activating group) is 1. The fourth-order valence-electron chi connectivity index (χ4n) is 4.15. The van der Waals surface area contributed by atoms with Crippen molar-refractivity contribution < 1.29 is 5.11 Å². The Morgan fingerprint density at radius 2 is 1.74 bits per heavy atom. The Kier molecular flexibility index (Phi) is 5.70. The van der Waals surface area contributed by atoms with Crippen molar-refractivity contribution >= 4 is 0 Å². The molecule has 2 nitrogen and oxygen atoms in total. The van der Waals surface area contributed by atoms with E-state index >= 15 is 0 Å². The molecule has 0 heterocycles. The first-order valence-electron chi connectivity index (χ1n) is 8.46. The van der Waals surface area contributed by atoms with Crippen LogP contribution in [0.4, 0.5) is 0 Å². The van der Waals surface area contributed by atoms with Gasteiger partial charge in [-0.2, -0.15) is 0 Å². The molecular formula is C17H33NO. The zero-order valence-corrected chi connectivity index (χ0v) is 13.1. The maximum atomic E-state index is 10.3. The second-order valence-corrected chi connectivity index (χ2v) is 7.40. The van der Waals surface area contributed by atoms with Gasteiger partial charge in [0.25, 0.3) is 0 Å². The monoisotopic (exact) mass is 267 g/mol. The van der Waals surface area contributed by atoms with E-state index in [1.165, 1.54) is 51.5 Å². The molecule has 19 heavy (non-hydrogen) atoms. The van der Waals surface area contributed by atoms with Gasteiger partial charge in [-0.3, -0.25) is 0 Å². The highest BCUT2D eigenvalue weighted by molar-refractivity contribution is 4.87. The maximum absolute atomic E-state index is 10.3. The highest BCUT2D eigenvalue weighted by Gasteiger charge is 2.33. The molecule has 0 aliphatic heterocycles. The second kappa shape index (κ2) is 7.08. The van der Waals surface area contributed by atoms with Crippen LogP contribution in [0.15, 0.2) is 0 Å². The Morgan fingerprint density at radius 1 is 1.05 bits per heavy atom. The lowest BCUT2D eigenvalue weighted by Crippen LogP contribution is -2.47. The van der Waals surface area contributed by atoms with Crippen molar-refractivity contribution in [2.45, 2.75) is 77.4 Å². The molecule has 0 amide bonds. The predicted molar refractivity (Wildman–Crippen MR) is 81.2 cm³/mol. The smallest absolute Gasteiger partial charge is 0.0695 e. The van der Waals surface area contributed by atoms with Crippen LogP contribution < -0.4 is 0 Å². The van der Waals surface area contributed by atoms with E-state index in [1.54, 1.807) is 0 Å². The highest BCUT2D eigenvalue weighted by atomic mass is 16.3. The lowest BCUT2D eigenvalue weighted by Gasteiger charge is -2.41. The molecule has 0 saturated heterocycles. The maximum Gasteiger partial charge on any atom is 0.0695 e. The van der Waals surface area contributed by atoms with E-state index in [-0.39, 0.29) is 6.10 Å². The number of nitrogens with zero attached hydrogens (tertiary/aromatic N) is 1. The van der Waals surface area contributed by atoms with E-state index < -0.39 is 0 Å². The van der Waals surface area contributed by atoms with E-state index in [4.69, 9.17) is 0 Å². The molecular weight excluding hydrogens is 234 g/mol. The zero-order chi connectivity index (χ0) is 13.8. The number of hydrogen-bond acceptors (Lipinski definition) is 2. The van der Waals surface area contributed by atoms with Gasteiger partial charge in [0.15, 0.2) is 0 Å². The van der Waals surface area contributed by atoms with Crippen molar-refractivity contribution in [1.29, 1.82) is 0 Å². The summed E-state index contributed by atoms with van der Waals surface area (Å²) >= 11 is 0. The van der Waals surface area contributed by atoms with Crippen molar-refractivity contribution in [1.82, 2.24) is 4.90 Å². The van der Waals surface area contributed by atoms with Crippen molar-refractivity contribution in [2.75, 3.05) is 13.6 Å². The Hall–Kier alpha value is -0.0800. The summed E-state index contributed by atoms with van der Waals surface area (Å²) in [6, 6.07) is 0.406. The van der Waals surface area contributed by atoms with Crippen LogP contribution in [-0.2, 0) is 0 Å². The lowest BCUT2D eigenvalue weighted by molar-refractivity contribution is -0.00104. The first-order chi connectivity index (χ1) is 9.08. The molecule has 2 heteroatoms. The normalized spacial score (nSPS) is 34.1. The second-order valence-electron chi connectivity index (χ2n) is 7.40. The van der Waals surface area contributed by atoms with Crippen LogP contribution in [0.1, 0.15) is 65.2 Å². The molecule has 2 aliphatic carbocycles. The number of hydrogen-bond donors (Lipinski definition) is 1. The molecule has 2 rings (SSSR count). The SMILES string of the molecule is CC(C)C1CCC(O)C(N(C)CC2CCCCC2)C1. The molecule has 0 radical (unpaired) electrons. The summed E-state index contributed by atoms with van der Waals surface area (Å²) in [5.41, 5.74) is 0. The first kappa shape index (κ1) is 15.3. The van der Waals surface area contributed by atoms with Gasteiger partial charge < -0.3 is 10.0 Å². The van der Waals surface area contributed by atoms with Crippen LogP contribution in [0.5, 0.6) is 0 Å². The average Bonchev–Trinajstić information content (AvgIpc) is 2.40. The van der Waals surface area contributed by atoms with E-state index in [0.717, 1.165) is 24.2 Å². The van der Waals surface area contributed by atoms with E-state index in [9.17, 15) is 5.11 Å². The van der Waals surface area contributed by atoms with Gasteiger partial charge in [0.05, 0.1) is 6.10 Å². The largest absolute Gasteiger partial charge is 0.391 e. The molecule has 3 unspecified atom stereocenters. The average molecular weight is 267 g/mol. The molecule has 2 fully saturated rings. The van der Waals surface area contributed by atoms with Crippen molar-refractivity contribution in [3.8, 4) is 0 Å². The molecule has 0 bridgehead atoms. The van der Waals surface area contributed by atoms with Gasteiger partial charge in [-0.05, 0) is 56.9 Å². The van der Waals surface area contributed by atoms with Gasteiger partial charge in [-0.25, -0.2) is 0 Å². The molecule has 0 aromatic carbocycles.